The molecule has 102 valence electrons. The van der Waals surface area contributed by atoms with Gasteiger partial charge in [-0.25, -0.2) is 0 Å². The van der Waals surface area contributed by atoms with Gasteiger partial charge in [0.1, 0.15) is 10.4 Å². The maximum atomic E-state index is 12.0. The zero-order chi connectivity index (χ0) is 13.8. The molecule has 0 fully saturated rings. The summed E-state index contributed by atoms with van der Waals surface area (Å²) in [4.78, 5) is 16.7. The van der Waals surface area contributed by atoms with Gasteiger partial charge in [0.15, 0.2) is 0 Å². The molecule has 0 aliphatic carbocycles. The van der Waals surface area contributed by atoms with Gasteiger partial charge in [-0.15, -0.1) is 11.3 Å². The Morgan fingerprint density at radius 2 is 2.42 bits per heavy atom. The first-order chi connectivity index (χ1) is 9.09. The molecule has 0 saturated carbocycles. The second kappa shape index (κ2) is 5.99. The van der Waals surface area contributed by atoms with Crippen LogP contribution in [0.25, 0.3) is 10.2 Å². The highest BCUT2D eigenvalue weighted by Crippen LogP contribution is 2.31. The highest BCUT2D eigenvalue weighted by molar-refractivity contribution is 7.21. The molecule has 4 N–H and O–H groups in total. The number of carbonyl (C=O) groups is 1. The lowest BCUT2D eigenvalue weighted by Gasteiger charge is -2.05. The molecule has 5 nitrogen and oxygen atoms in total. The molecule has 2 aromatic rings. The van der Waals surface area contributed by atoms with E-state index in [2.05, 4.69) is 10.3 Å². The number of pyridine rings is 1. The van der Waals surface area contributed by atoms with Gasteiger partial charge in [0.25, 0.3) is 5.91 Å². The Kier molecular flexibility index (Phi) is 4.34. The summed E-state index contributed by atoms with van der Waals surface area (Å²) in [7, 11) is 0. The minimum Gasteiger partial charge on any atom is -0.396 e. The number of hydrogen-bond donors (Lipinski definition) is 3. The third kappa shape index (κ3) is 3.21. The Morgan fingerprint density at radius 3 is 3.11 bits per heavy atom. The standard InChI is InChI=1S/C13H17N3O2S/c1-8(17)4-2-7-16-13(18)12-10(14)11-9(19-12)5-3-6-15-11/h3,5-6,8,17H,2,4,7,14H2,1H3,(H,16,18). The normalized spacial score (nSPS) is 12.5. The molecule has 2 heterocycles. The molecule has 0 bridgehead atoms. The molecule has 0 spiro atoms. The number of aliphatic hydroxyl groups is 1. The number of hydrogen-bond acceptors (Lipinski definition) is 5. The molecule has 0 radical (unpaired) electrons. The number of nitrogens with two attached hydrogens (primary N) is 1. The molecule has 19 heavy (non-hydrogen) atoms. The predicted octanol–water partition coefficient (Wildman–Crippen LogP) is 1.77. The molecular formula is C13H17N3O2S. The summed E-state index contributed by atoms with van der Waals surface area (Å²) in [6.07, 6.45) is 2.74. The van der Waals surface area contributed by atoms with Crippen molar-refractivity contribution in [2.45, 2.75) is 25.9 Å². The van der Waals surface area contributed by atoms with Crippen molar-refractivity contribution in [1.29, 1.82) is 0 Å². The zero-order valence-electron chi connectivity index (χ0n) is 10.7. The van der Waals surface area contributed by atoms with Crippen molar-refractivity contribution in [3.63, 3.8) is 0 Å². The van der Waals surface area contributed by atoms with Crippen molar-refractivity contribution in [3.8, 4) is 0 Å². The Labute approximate surface area is 115 Å². The smallest absolute Gasteiger partial charge is 0.263 e. The zero-order valence-corrected chi connectivity index (χ0v) is 11.5. The predicted molar refractivity (Wildman–Crippen MR) is 77.3 cm³/mol. The van der Waals surface area contributed by atoms with Crippen molar-refractivity contribution in [2.24, 2.45) is 0 Å². The first-order valence-electron chi connectivity index (χ1n) is 6.19. The third-order valence-corrected chi connectivity index (χ3v) is 3.93. The number of nitrogens with zero attached hydrogens (tertiary/aromatic N) is 1. The number of aliphatic hydroxyl groups excluding tert-OH is 1. The van der Waals surface area contributed by atoms with Crippen molar-refractivity contribution in [2.75, 3.05) is 12.3 Å². The Morgan fingerprint density at radius 1 is 1.63 bits per heavy atom. The number of amides is 1. The van der Waals surface area contributed by atoms with E-state index >= 15 is 0 Å². The van der Waals surface area contributed by atoms with Crippen molar-refractivity contribution < 1.29 is 9.90 Å². The average molecular weight is 279 g/mol. The fraction of sp³-hybridized carbons (Fsp3) is 0.385. The fourth-order valence-electron chi connectivity index (χ4n) is 1.80. The van der Waals surface area contributed by atoms with Crippen LogP contribution in [0.4, 0.5) is 5.69 Å². The maximum Gasteiger partial charge on any atom is 0.263 e. The summed E-state index contributed by atoms with van der Waals surface area (Å²) in [6.45, 7) is 2.27. The summed E-state index contributed by atoms with van der Waals surface area (Å²) >= 11 is 1.35. The van der Waals surface area contributed by atoms with Crippen LogP contribution in [0.1, 0.15) is 29.4 Å². The van der Waals surface area contributed by atoms with Gasteiger partial charge in [-0.3, -0.25) is 9.78 Å². The van der Waals surface area contributed by atoms with E-state index in [1.165, 1.54) is 11.3 Å². The Bertz CT molecular complexity index is 580. The van der Waals surface area contributed by atoms with Crippen molar-refractivity contribution in [1.82, 2.24) is 10.3 Å². The SMILES string of the molecule is CC(O)CCCNC(=O)c1sc2cccnc2c1N. The van der Waals surface area contributed by atoms with Crippen LogP contribution in [0.2, 0.25) is 0 Å². The molecule has 1 amide bonds. The van der Waals surface area contributed by atoms with E-state index in [0.29, 0.717) is 29.0 Å². The van der Waals surface area contributed by atoms with Crippen molar-refractivity contribution in [3.05, 3.63) is 23.2 Å². The molecular weight excluding hydrogens is 262 g/mol. The molecule has 0 aromatic carbocycles. The first kappa shape index (κ1) is 13.8. The van der Waals surface area contributed by atoms with Crippen LogP contribution in [0.3, 0.4) is 0 Å². The van der Waals surface area contributed by atoms with Gasteiger partial charge < -0.3 is 16.2 Å². The number of thiophene rings is 1. The topological polar surface area (TPSA) is 88.2 Å². The molecule has 0 aliphatic heterocycles. The summed E-state index contributed by atoms with van der Waals surface area (Å²) in [5.41, 5.74) is 7.06. The minimum atomic E-state index is -0.338. The average Bonchev–Trinajstić information content (AvgIpc) is 2.72. The number of rotatable bonds is 5. The van der Waals surface area contributed by atoms with Crippen LogP contribution in [0.5, 0.6) is 0 Å². The van der Waals surface area contributed by atoms with E-state index in [9.17, 15) is 4.79 Å². The quantitative estimate of drug-likeness (QED) is 0.728. The molecule has 1 atom stereocenters. The Balaban J connectivity index is 2.03. The lowest BCUT2D eigenvalue weighted by Crippen LogP contribution is -2.24. The third-order valence-electron chi connectivity index (χ3n) is 2.77. The van der Waals surface area contributed by atoms with Crippen LogP contribution < -0.4 is 11.1 Å². The van der Waals surface area contributed by atoms with Gasteiger partial charge in [0, 0.05) is 12.7 Å². The van der Waals surface area contributed by atoms with Gasteiger partial charge in [-0.05, 0) is 31.9 Å². The summed E-state index contributed by atoms with van der Waals surface area (Å²) in [6, 6.07) is 3.72. The summed E-state index contributed by atoms with van der Waals surface area (Å²) in [5.74, 6) is -0.175. The second-order valence-corrected chi connectivity index (χ2v) is 5.49. The maximum absolute atomic E-state index is 12.0. The lowest BCUT2D eigenvalue weighted by atomic mass is 10.2. The summed E-state index contributed by atoms with van der Waals surface area (Å²) < 4.78 is 0.911. The second-order valence-electron chi connectivity index (χ2n) is 4.44. The number of nitrogen functional groups attached to an aromatic ring is 1. The first-order valence-corrected chi connectivity index (χ1v) is 7.00. The molecule has 2 aromatic heterocycles. The molecule has 6 heteroatoms. The van der Waals surface area contributed by atoms with Crippen LogP contribution in [0.15, 0.2) is 18.3 Å². The van der Waals surface area contributed by atoms with Gasteiger partial charge in [-0.2, -0.15) is 0 Å². The van der Waals surface area contributed by atoms with E-state index < -0.39 is 0 Å². The number of anilines is 1. The van der Waals surface area contributed by atoms with E-state index in [0.717, 1.165) is 11.1 Å². The van der Waals surface area contributed by atoms with Crippen LogP contribution in [-0.2, 0) is 0 Å². The lowest BCUT2D eigenvalue weighted by molar-refractivity contribution is 0.0954. The van der Waals surface area contributed by atoms with Crippen molar-refractivity contribution >= 4 is 33.1 Å². The van der Waals surface area contributed by atoms with E-state index in [-0.39, 0.29) is 12.0 Å². The highest BCUT2D eigenvalue weighted by Gasteiger charge is 2.16. The molecule has 0 saturated heterocycles. The molecule has 1 unspecified atom stereocenters. The van der Waals surface area contributed by atoms with E-state index in [1.807, 2.05) is 12.1 Å². The van der Waals surface area contributed by atoms with Crippen LogP contribution >= 0.6 is 11.3 Å². The van der Waals surface area contributed by atoms with E-state index in [4.69, 9.17) is 10.8 Å². The van der Waals surface area contributed by atoms with Gasteiger partial charge >= 0.3 is 0 Å². The van der Waals surface area contributed by atoms with Crippen LogP contribution in [-0.4, -0.2) is 28.6 Å². The Hall–Kier alpha value is -1.66. The monoisotopic (exact) mass is 279 g/mol. The number of aromatic nitrogens is 1. The minimum absolute atomic E-state index is 0.175. The van der Waals surface area contributed by atoms with E-state index in [1.54, 1.807) is 13.1 Å². The van der Waals surface area contributed by atoms with Crippen LogP contribution in [0, 0.1) is 0 Å². The number of nitrogens with one attached hydrogen (secondary N) is 1. The highest BCUT2D eigenvalue weighted by atomic mass is 32.1. The molecule has 2 rings (SSSR count). The number of carbonyl (C=O) groups excluding carboxylic acids is 1. The van der Waals surface area contributed by atoms with Gasteiger partial charge in [-0.1, -0.05) is 0 Å². The molecule has 0 aliphatic rings. The van der Waals surface area contributed by atoms with Gasteiger partial charge in [0.05, 0.1) is 16.5 Å². The number of fused-ring (bicyclic) bond motifs is 1. The largest absolute Gasteiger partial charge is 0.396 e. The van der Waals surface area contributed by atoms with Gasteiger partial charge in [0.2, 0.25) is 0 Å². The fourth-order valence-corrected chi connectivity index (χ4v) is 2.79. The summed E-state index contributed by atoms with van der Waals surface area (Å²) in [5, 5.41) is 11.9.